The van der Waals surface area contributed by atoms with Crippen LogP contribution in [0.2, 0.25) is 0 Å². The van der Waals surface area contributed by atoms with Crippen LogP contribution in [0.4, 0.5) is 0 Å². The number of hydrogen-bond acceptors (Lipinski definition) is 2. The summed E-state index contributed by atoms with van der Waals surface area (Å²) in [5.74, 6) is 2.50. The van der Waals surface area contributed by atoms with Crippen molar-refractivity contribution in [3.8, 4) is 0 Å². The molecule has 20 heavy (non-hydrogen) atoms. The third kappa shape index (κ3) is 2.30. The van der Waals surface area contributed by atoms with E-state index in [1.807, 2.05) is 18.2 Å². The van der Waals surface area contributed by atoms with E-state index in [0.29, 0.717) is 5.56 Å². The number of aromatic nitrogens is 2. The molecule has 4 heteroatoms. The highest BCUT2D eigenvalue weighted by molar-refractivity contribution is 5.97. The molecule has 104 valence electrons. The third-order valence-corrected chi connectivity index (χ3v) is 4.64. The largest absolute Gasteiger partial charge is 0.352 e. The predicted molar refractivity (Wildman–Crippen MR) is 77.4 cm³/mol. The van der Waals surface area contributed by atoms with Crippen molar-refractivity contribution < 1.29 is 4.79 Å². The van der Waals surface area contributed by atoms with Crippen LogP contribution in [0, 0.1) is 17.8 Å². The van der Waals surface area contributed by atoms with Crippen LogP contribution >= 0.6 is 0 Å². The first-order valence-electron chi connectivity index (χ1n) is 7.52. The van der Waals surface area contributed by atoms with Gasteiger partial charge in [0.2, 0.25) is 0 Å². The average Bonchev–Trinajstić information content (AvgIpc) is 3.38. The summed E-state index contributed by atoms with van der Waals surface area (Å²) in [7, 11) is 0. The number of fused-ring (bicyclic) bond motifs is 1. The Morgan fingerprint density at radius 2 is 2.05 bits per heavy atom. The molecule has 2 saturated carbocycles. The van der Waals surface area contributed by atoms with Crippen LogP contribution in [0.5, 0.6) is 0 Å². The number of imidazole rings is 1. The maximum atomic E-state index is 12.3. The number of rotatable bonds is 5. The number of nitrogens with one attached hydrogen (secondary N) is 2. The molecule has 1 amide bonds. The van der Waals surface area contributed by atoms with Crippen LogP contribution < -0.4 is 5.32 Å². The molecule has 4 nitrogen and oxygen atoms in total. The lowest BCUT2D eigenvalue weighted by atomic mass is 9.98. The monoisotopic (exact) mass is 269 g/mol. The molecule has 4 rings (SSSR count). The number of nitrogens with zero attached hydrogens (tertiary/aromatic N) is 1. The maximum Gasteiger partial charge on any atom is 0.251 e. The van der Waals surface area contributed by atoms with Gasteiger partial charge in [-0.3, -0.25) is 4.79 Å². The zero-order chi connectivity index (χ0) is 13.5. The topological polar surface area (TPSA) is 57.8 Å². The Hall–Kier alpha value is -1.84. The summed E-state index contributed by atoms with van der Waals surface area (Å²) in [6.45, 7) is 0.842. The molecular formula is C16H19N3O. The lowest BCUT2D eigenvalue weighted by molar-refractivity contribution is 0.0943. The van der Waals surface area contributed by atoms with E-state index in [2.05, 4.69) is 15.3 Å². The van der Waals surface area contributed by atoms with Crippen LogP contribution in [0.3, 0.4) is 0 Å². The summed E-state index contributed by atoms with van der Waals surface area (Å²) in [6, 6.07) is 5.61. The van der Waals surface area contributed by atoms with Gasteiger partial charge < -0.3 is 10.3 Å². The van der Waals surface area contributed by atoms with Crippen molar-refractivity contribution in [2.75, 3.05) is 6.54 Å². The van der Waals surface area contributed by atoms with E-state index in [1.165, 1.54) is 25.7 Å². The quantitative estimate of drug-likeness (QED) is 0.877. The van der Waals surface area contributed by atoms with Crippen LogP contribution in [0.1, 0.15) is 36.0 Å². The number of H-pyrrole nitrogens is 1. The zero-order valence-electron chi connectivity index (χ0n) is 11.4. The second-order valence-corrected chi connectivity index (χ2v) is 6.18. The second-order valence-electron chi connectivity index (χ2n) is 6.18. The number of amides is 1. The predicted octanol–water partition coefficient (Wildman–Crippen LogP) is 2.73. The van der Waals surface area contributed by atoms with Gasteiger partial charge in [-0.05, 0) is 61.6 Å². The SMILES string of the molecule is O=C(NCC(C1CC1)C1CC1)c1ccc2nc[nH]c2c1. The molecule has 0 atom stereocenters. The molecular weight excluding hydrogens is 250 g/mol. The fourth-order valence-corrected chi connectivity index (χ4v) is 3.16. The van der Waals surface area contributed by atoms with Gasteiger partial charge in [-0.15, -0.1) is 0 Å². The van der Waals surface area contributed by atoms with Crippen molar-refractivity contribution in [2.24, 2.45) is 17.8 Å². The molecule has 1 heterocycles. The van der Waals surface area contributed by atoms with Gasteiger partial charge in [0, 0.05) is 12.1 Å². The molecule has 0 aliphatic heterocycles. The van der Waals surface area contributed by atoms with E-state index in [9.17, 15) is 4.79 Å². The van der Waals surface area contributed by atoms with Crippen molar-refractivity contribution in [3.05, 3.63) is 30.1 Å². The minimum atomic E-state index is 0.0350. The molecule has 2 aliphatic rings. The second kappa shape index (κ2) is 4.62. The average molecular weight is 269 g/mol. The number of aromatic amines is 1. The Kier molecular flexibility index (Phi) is 2.76. The number of carbonyl (C=O) groups excluding carboxylic acids is 1. The zero-order valence-corrected chi connectivity index (χ0v) is 11.4. The van der Waals surface area contributed by atoms with E-state index in [-0.39, 0.29) is 5.91 Å². The third-order valence-electron chi connectivity index (χ3n) is 4.64. The Bertz CT molecular complexity index is 628. The summed E-state index contributed by atoms with van der Waals surface area (Å²) < 4.78 is 0. The molecule has 1 aromatic carbocycles. The fraction of sp³-hybridized carbons (Fsp3) is 0.500. The highest BCUT2D eigenvalue weighted by Crippen LogP contribution is 2.48. The Morgan fingerprint density at radius 1 is 1.30 bits per heavy atom. The number of hydrogen-bond donors (Lipinski definition) is 2. The molecule has 0 radical (unpaired) electrons. The van der Waals surface area contributed by atoms with Crippen molar-refractivity contribution in [2.45, 2.75) is 25.7 Å². The first-order chi connectivity index (χ1) is 9.81. The molecule has 1 aromatic heterocycles. The van der Waals surface area contributed by atoms with Crippen LogP contribution in [-0.2, 0) is 0 Å². The van der Waals surface area contributed by atoms with Crippen molar-refractivity contribution in [1.82, 2.24) is 15.3 Å². The minimum absolute atomic E-state index is 0.0350. The van der Waals surface area contributed by atoms with Crippen LogP contribution in [0.25, 0.3) is 11.0 Å². The Morgan fingerprint density at radius 3 is 2.75 bits per heavy atom. The van der Waals surface area contributed by atoms with E-state index in [0.717, 1.165) is 35.3 Å². The van der Waals surface area contributed by atoms with Gasteiger partial charge in [-0.2, -0.15) is 0 Å². The molecule has 2 N–H and O–H groups in total. The molecule has 0 bridgehead atoms. The van der Waals surface area contributed by atoms with E-state index >= 15 is 0 Å². The lowest BCUT2D eigenvalue weighted by Gasteiger charge is -2.16. The first-order valence-corrected chi connectivity index (χ1v) is 7.52. The van der Waals surface area contributed by atoms with Crippen LogP contribution in [-0.4, -0.2) is 22.4 Å². The van der Waals surface area contributed by atoms with Gasteiger partial charge in [0.15, 0.2) is 0 Å². The maximum absolute atomic E-state index is 12.3. The highest BCUT2D eigenvalue weighted by Gasteiger charge is 2.41. The summed E-state index contributed by atoms with van der Waals surface area (Å²) >= 11 is 0. The normalized spacial score (nSPS) is 18.6. The molecule has 2 aromatic rings. The summed E-state index contributed by atoms with van der Waals surface area (Å²) in [4.78, 5) is 19.5. The van der Waals surface area contributed by atoms with E-state index in [1.54, 1.807) is 6.33 Å². The van der Waals surface area contributed by atoms with Crippen molar-refractivity contribution in [3.63, 3.8) is 0 Å². The fourth-order valence-electron chi connectivity index (χ4n) is 3.16. The van der Waals surface area contributed by atoms with Gasteiger partial charge in [-0.1, -0.05) is 0 Å². The molecule has 2 aliphatic carbocycles. The van der Waals surface area contributed by atoms with Gasteiger partial charge in [0.1, 0.15) is 0 Å². The standard InChI is InChI=1S/C16H19N3O/c20-16(12-5-6-14-15(7-12)19-9-18-14)17-8-13(10-1-2-10)11-3-4-11/h5-7,9-11,13H,1-4,8H2,(H,17,20)(H,18,19). The summed E-state index contributed by atoms with van der Waals surface area (Å²) in [5, 5.41) is 3.13. The van der Waals surface area contributed by atoms with Gasteiger partial charge >= 0.3 is 0 Å². The van der Waals surface area contributed by atoms with Crippen molar-refractivity contribution >= 4 is 16.9 Å². The highest BCUT2D eigenvalue weighted by atomic mass is 16.1. The first kappa shape index (κ1) is 11.9. The minimum Gasteiger partial charge on any atom is -0.352 e. The van der Waals surface area contributed by atoms with Gasteiger partial charge in [-0.25, -0.2) is 4.98 Å². The van der Waals surface area contributed by atoms with Crippen molar-refractivity contribution in [1.29, 1.82) is 0 Å². The summed E-state index contributed by atoms with van der Waals surface area (Å²) in [5.41, 5.74) is 2.53. The summed E-state index contributed by atoms with van der Waals surface area (Å²) in [6.07, 6.45) is 7.09. The van der Waals surface area contributed by atoms with E-state index in [4.69, 9.17) is 0 Å². The van der Waals surface area contributed by atoms with Gasteiger partial charge in [0.25, 0.3) is 5.91 Å². The Labute approximate surface area is 118 Å². The smallest absolute Gasteiger partial charge is 0.251 e. The number of carbonyl (C=O) groups is 1. The molecule has 0 spiro atoms. The molecule has 2 fully saturated rings. The number of benzene rings is 1. The lowest BCUT2D eigenvalue weighted by Crippen LogP contribution is -2.31. The van der Waals surface area contributed by atoms with Gasteiger partial charge in [0.05, 0.1) is 17.4 Å². The molecule has 0 unspecified atom stereocenters. The van der Waals surface area contributed by atoms with Crippen LogP contribution in [0.15, 0.2) is 24.5 Å². The van der Waals surface area contributed by atoms with E-state index < -0.39 is 0 Å². The Balaban J connectivity index is 1.43. The molecule has 0 saturated heterocycles.